The summed E-state index contributed by atoms with van der Waals surface area (Å²) in [7, 11) is 0. The standard InChI is InChI=1S/C13H17BrN2O2.C13H19BrN2/c1-9-5-10(2)8-15(7-9)12-4-3-11(14)6-13(12)16(17)18;1-9-5-10(2)8-16(7-9)13-4-3-11(14)6-12(13)15/h3-4,6,9-10H,5,7-8H2,1-2H3;3-4,6,9-10H,5,7-8,15H2,1-2H3. The number of nitro groups is 1. The van der Waals surface area contributed by atoms with Crippen LogP contribution in [-0.2, 0) is 0 Å². The number of nitrogens with zero attached hydrogens (tertiary/aromatic N) is 3. The molecule has 4 unspecified atom stereocenters. The van der Waals surface area contributed by atoms with Crippen molar-refractivity contribution in [2.45, 2.75) is 40.5 Å². The van der Waals surface area contributed by atoms with Gasteiger partial charge in [0.2, 0.25) is 0 Å². The van der Waals surface area contributed by atoms with Gasteiger partial charge in [0.25, 0.3) is 5.69 Å². The molecule has 4 rings (SSSR count). The van der Waals surface area contributed by atoms with Crippen LogP contribution in [0.3, 0.4) is 0 Å². The lowest BCUT2D eigenvalue weighted by molar-refractivity contribution is -0.384. The molecule has 0 spiro atoms. The largest absolute Gasteiger partial charge is 0.397 e. The molecule has 0 aliphatic carbocycles. The Labute approximate surface area is 220 Å². The van der Waals surface area contributed by atoms with Gasteiger partial charge in [0.05, 0.1) is 16.3 Å². The highest BCUT2D eigenvalue weighted by atomic mass is 79.9. The first kappa shape index (κ1) is 26.8. The third-order valence-corrected chi connectivity index (χ3v) is 7.53. The maximum Gasteiger partial charge on any atom is 0.293 e. The van der Waals surface area contributed by atoms with Gasteiger partial charge in [-0.25, -0.2) is 0 Å². The Hall–Kier alpha value is -1.80. The fraction of sp³-hybridized carbons (Fsp3) is 0.538. The Morgan fingerprint density at radius 2 is 1.21 bits per heavy atom. The number of halogens is 2. The molecule has 0 saturated carbocycles. The van der Waals surface area contributed by atoms with Crippen molar-refractivity contribution in [2.24, 2.45) is 23.7 Å². The van der Waals surface area contributed by atoms with Crippen molar-refractivity contribution in [1.29, 1.82) is 0 Å². The third kappa shape index (κ3) is 7.11. The van der Waals surface area contributed by atoms with Crippen LogP contribution >= 0.6 is 31.9 Å². The van der Waals surface area contributed by atoms with Crippen molar-refractivity contribution >= 4 is 54.6 Å². The Morgan fingerprint density at radius 3 is 1.65 bits per heavy atom. The van der Waals surface area contributed by atoms with E-state index in [0.717, 1.165) is 58.3 Å². The Balaban J connectivity index is 0.000000192. The number of nitrogens with two attached hydrogens (primary N) is 1. The molecule has 186 valence electrons. The van der Waals surface area contributed by atoms with Crippen molar-refractivity contribution in [3.63, 3.8) is 0 Å². The second kappa shape index (κ2) is 11.8. The molecule has 2 saturated heterocycles. The number of anilines is 3. The highest BCUT2D eigenvalue weighted by Crippen LogP contribution is 2.35. The second-order valence-corrected chi connectivity index (χ2v) is 12.1. The van der Waals surface area contributed by atoms with E-state index in [4.69, 9.17) is 5.73 Å². The van der Waals surface area contributed by atoms with Gasteiger partial charge in [0.1, 0.15) is 5.69 Å². The molecule has 4 atom stereocenters. The molecule has 6 nitrogen and oxygen atoms in total. The fourth-order valence-corrected chi connectivity index (χ4v) is 6.17. The van der Waals surface area contributed by atoms with Gasteiger partial charge >= 0.3 is 0 Å². The summed E-state index contributed by atoms with van der Waals surface area (Å²) in [6, 6.07) is 11.5. The van der Waals surface area contributed by atoms with E-state index in [1.165, 1.54) is 18.5 Å². The van der Waals surface area contributed by atoms with E-state index in [9.17, 15) is 10.1 Å². The number of nitrogen functional groups attached to an aromatic ring is 1. The van der Waals surface area contributed by atoms with Crippen LogP contribution in [-0.4, -0.2) is 31.1 Å². The molecule has 2 aliphatic rings. The van der Waals surface area contributed by atoms with E-state index >= 15 is 0 Å². The van der Waals surface area contributed by atoms with Gasteiger partial charge in [0.15, 0.2) is 0 Å². The fourth-order valence-electron chi connectivity index (χ4n) is 5.44. The highest BCUT2D eigenvalue weighted by Gasteiger charge is 2.27. The van der Waals surface area contributed by atoms with Gasteiger partial charge in [-0.2, -0.15) is 0 Å². The molecule has 34 heavy (non-hydrogen) atoms. The van der Waals surface area contributed by atoms with Crippen LogP contribution in [0.5, 0.6) is 0 Å². The van der Waals surface area contributed by atoms with Gasteiger partial charge < -0.3 is 15.5 Å². The van der Waals surface area contributed by atoms with Crippen LogP contribution < -0.4 is 15.5 Å². The Bertz CT molecular complexity index is 983. The normalized spacial score (nSPS) is 24.9. The molecule has 2 aliphatic heterocycles. The average Bonchev–Trinajstić information content (AvgIpc) is 2.72. The van der Waals surface area contributed by atoms with E-state index in [-0.39, 0.29) is 10.6 Å². The lowest BCUT2D eigenvalue weighted by Gasteiger charge is -2.37. The zero-order chi connectivity index (χ0) is 25.0. The van der Waals surface area contributed by atoms with Crippen LogP contribution in [0.1, 0.15) is 40.5 Å². The molecule has 8 heteroatoms. The predicted molar refractivity (Wildman–Crippen MR) is 150 cm³/mol. The minimum Gasteiger partial charge on any atom is -0.397 e. The summed E-state index contributed by atoms with van der Waals surface area (Å²) < 4.78 is 1.79. The van der Waals surface area contributed by atoms with E-state index in [1.54, 1.807) is 6.07 Å². The summed E-state index contributed by atoms with van der Waals surface area (Å²) in [6.07, 6.45) is 2.52. The van der Waals surface area contributed by atoms with Crippen molar-refractivity contribution in [2.75, 3.05) is 41.7 Å². The highest BCUT2D eigenvalue weighted by molar-refractivity contribution is 9.10. The molecular weight excluding hydrogens is 560 g/mol. The Kier molecular flexibility index (Phi) is 9.27. The lowest BCUT2D eigenvalue weighted by Crippen LogP contribution is -2.39. The van der Waals surface area contributed by atoms with Crippen molar-refractivity contribution in [1.82, 2.24) is 0 Å². The first-order valence-electron chi connectivity index (χ1n) is 12.0. The van der Waals surface area contributed by atoms with Crippen LogP contribution in [0.4, 0.5) is 22.7 Å². The van der Waals surface area contributed by atoms with Crippen molar-refractivity contribution < 1.29 is 4.92 Å². The van der Waals surface area contributed by atoms with Gasteiger partial charge in [-0.1, -0.05) is 59.6 Å². The third-order valence-electron chi connectivity index (χ3n) is 6.54. The number of hydrogen-bond donors (Lipinski definition) is 1. The monoisotopic (exact) mass is 594 g/mol. The molecule has 0 bridgehead atoms. The van der Waals surface area contributed by atoms with Crippen molar-refractivity contribution in [3.8, 4) is 0 Å². The SMILES string of the molecule is CC1CC(C)CN(c2ccc(Br)cc2N)C1.CC1CC(C)CN(c2ccc(Br)cc2[N+](=O)[O-])C1. The van der Waals surface area contributed by atoms with Crippen LogP contribution in [0.25, 0.3) is 0 Å². The molecule has 2 heterocycles. The minimum atomic E-state index is -0.302. The quantitative estimate of drug-likeness (QED) is 0.228. The van der Waals surface area contributed by atoms with Crippen LogP contribution in [0.15, 0.2) is 45.3 Å². The molecule has 0 aromatic heterocycles. The minimum absolute atomic E-state index is 0.186. The molecular formula is C26H36Br2N4O2. The van der Waals surface area contributed by atoms with Gasteiger partial charge in [0, 0.05) is 41.2 Å². The Morgan fingerprint density at radius 1 is 0.794 bits per heavy atom. The van der Waals surface area contributed by atoms with E-state index in [2.05, 4.69) is 81.5 Å². The first-order chi connectivity index (χ1) is 16.0. The maximum atomic E-state index is 11.1. The number of nitro benzene ring substituents is 1. The van der Waals surface area contributed by atoms with E-state index in [1.807, 2.05) is 18.2 Å². The molecule has 2 aromatic rings. The first-order valence-corrected chi connectivity index (χ1v) is 13.6. The van der Waals surface area contributed by atoms with Gasteiger partial charge in [-0.15, -0.1) is 0 Å². The van der Waals surface area contributed by atoms with Crippen molar-refractivity contribution in [3.05, 3.63) is 55.5 Å². The van der Waals surface area contributed by atoms with E-state index in [0.29, 0.717) is 11.8 Å². The molecule has 2 aromatic carbocycles. The van der Waals surface area contributed by atoms with Crippen LogP contribution in [0.2, 0.25) is 0 Å². The van der Waals surface area contributed by atoms with Crippen LogP contribution in [0, 0.1) is 33.8 Å². The lowest BCUT2D eigenvalue weighted by atomic mass is 9.91. The number of piperidine rings is 2. The molecule has 0 amide bonds. The second-order valence-electron chi connectivity index (χ2n) is 10.3. The average molecular weight is 596 g/mol. The number of rotatable bonds is 3. The molecule has 0 radical (unpaired) electrons. The summed E-state index contributed by atoms with van der Waals surface area (Å²) in [5.74, 6) is 2.67. The smallest absolute Gasteiger partial charge is 0.293 e. The summed E-state index contributed by atoms with van der Waals surface area (Å²) in [6.45, 7) is 13.1. The summed E-state index contributed by atoms with van der Waals surface area (Å²) in [5.41, 5.74) is 9.05. The summed E-state index contributed by atoms with van der Waals surface area (Å²) >= 11 is 6.73. The molecule has 2 fully saturated rings. The maximum absolute atomic E-state index is 11.1. The van der Waals surface area contributed by atoms with Gasteiger partial charge in [-0.3, -0.25) is 10.1 Å². The zero-order valence-corrected chi connectivity index (χ0v) is 23.7. The summed E-state index contributed by atoms with van der Waals surface area (Å²) in [5, 5.41) is 11.1. The zero-order valence-electron chi connectivity index (χ0n) is 20.5. The van der Waals surface area contributed by atoms with Gasteiger partial charge in [-0.05, 0) is 66.8 Å². The van der Waals surface area contributed by atoms with E-state index < -0.39 is 0 Å². The molecule has 2 N–H and O–H groups in total. The number of benzene rings is 2. The summed E-state index contributed by atoms with van der Waals surface area (Å²) in [4.78, 5) is 15.4. The topological polar surface area (TPSA) is 75.6 Å². The number of hydrogen-bond acceptors (Lipinski definition) is 5. The predicted octanol–water partition coefficient (Wildman–Crippen LogP) is 7.35.